The molecule has 0 bridgehead atoms. The van der Waals surface area contributed by atoms with Crippen molar-refractivity contribution >= 4 is 23.1 Å². The Morgan fingerprint density at radius 1 is 1.03 bits per heavy atom. The number of halogens is 4. The zero-order chi connectivity index (χ0) is 24.1. The Bertz CT molecular complexity index is 1110. The molecule has 0 saturated carbocycles. The van der Waals surface area contributed by atoms with E-state index >= 15 is 0 Å². The summed E-state index contributed by atoms with van der Waals surface area (Å²) in [4.78, 5) is 14.4. The molecule has 3 N–H and O–H groups in total. The first kappa shape index (κ1) is 23.6. The molecule has 12 heteroatoms. The standard InChI is InChI=1S/C22H23F4N7O/c1-14(31-32-21-28-13-18(23)20(30-21)33-7-9-34-10-8-33)19-6-5-17(12-27-19)29-16-4-2-3-15(11-16)22(24,25)26/h2-6,11-14,29,31H,7-10H2,1H3,(H,28,30,32). The molecule has 8 nitrogen and oxygen atoms in total. The third kappa shape index (κ3) is 5.88. The van der Waals surface area contributed by atoms with Gasteiger partial charge in [-0.05, 0) is 37.3 Å². The summed E-state index contributed by atoms with van der Waals surface area (Å²) in [7, 11) is 0. The molecule has 0 amide bonds. The van der Waals surface area contributed by atoms with E-state index in [-0.39, 0.29) is 17.8 Å². The highest BCUT2D eigenvalue weighted by atomic mass is 19.4. The van der Waals surface area contributed by atoms with E-state index in [4.69, 9.17) is 4.74 Å². The van der Waals surface area contributed by atoms with Gasteiger partial charge in [0.2, 0.25) is 5.95 Å². The number of morpholine rings is 1. The van der Waals surface area contributed by atoms with Gasteiger partial charge < -0.3 is 15.0 Å². The third-order valence-corrected chi connectivity index (χ3v) is 5.15. The van der Waals surface area contributed by atoms with Crippen molar-refractivity contribution in [3.8, 4) is 0 Å². The smallest absolute Gasteiger partial charge is 0.378 e. The molecular weight excluding hydrogens is 454 g/mol. The van der Waals surface area contributed by atoms with Crippen molar-refractivity contribution in [3.63, 3.8) is 0 Å². The minimum atomic E-state index is -4.41. The van der Waals surface area contributed by atoms with Crippen molar-refractivity contribution in [1.82, 2.24) is 20.4 Å². The lowest BCUT2D eigenvalue weighted by Gasteiger charge is -2.28. The highest BCUT2D eigenvalue weighted by Gasteiger charge is 2.30. The Labute approximate surface area is 193 Å². The molecular formula is C22H23F4N7O. The van der Waals surface area contributed by atoms with E-state index in [1.54, 1.807) is 23.1 Å². The van der Waals surface area contributed by atoms with Gasteiger partial charge in [0.25, 0.3) is 0 Å². The van der Waals surface area contributed by atoms with Crippen molar-refractivity contribution in [1.29, 1.82) is 0 Å². The van der Waals surface area contributed by atoms with Crippen LogP contribution in [0.2, 0.25) is 0 Å². The second-order valence-corrected chi connectivity index (χ2v) is 7.63. The summed E-state index contributed by atoms with van der Waals surface area (Å²) in [5.74, 6) is -0.0954. The fraction of sp³-hybridized carbons (Fsp3) is 0.318. The number of nitrogens with zero attached hydrogens (tertiary/aromatic N) is 4. The van der Waals surface area contributed by atoms with Gasteiger partial charge in [-0.25, -0.2) is 14.8 Å². The van der Waals surface area contributed by atoms with Gasteiger partial charge in [-0.2, -0.15) is 18.2 Å². The Morgan fingerprint density at radius 2 is 1.82 bits per heavy atom. The number of hydrogen-bond donors (Lipinski definition) is 3. The van der Waals surface area contributed by atoms with Crippen LogP contribution in [0.3, 0.4) is 0 Å². The molecule has 1 saturated heterocycles. The quantitative estimate of drug-likeness (QED) is 0.343. The van der Waals surface area contributed by atoms with Crippen molar-refractivity contribution in [2.45, 2.75) is 19.1 Å². The number of pyridine rings is 1. The molecule has 34 heavy (non-hydrogen) atoms. The topological polar surface area (TPSA) is 87.2 Å². The summed E-state index contributed by atoms with van der Waals surface area (Å²) in [6, 6.07) is 8.11. The second-order valence-electron chi connectivity index (χ2n) is 7.63. The fourth-order valence-electron chi connectivity index (χ4n) is 3.34. The maximum atomic E-state index is 14.2. The van der Waals surface area contributed by atoms with Gasteiger partial charge in [0.15, 0.2) is 11.6 Å². The van der Waals surface area contributed by atoms with Crippen molar-refractivity contribution < 1.29 is 22.3 Å². The van der Waals surface area contributed by atoms with Gasteiger partial charge in [0.1, 0.15) is 0 Å². The number of nitrogens with one attached hydrogen (secondary N) is 3. The maximum absolute atomic E-state index is 14.2. The molecule has 3 aromatic rings. The van der Waals surface area contributed by atoms with E-state index in [1.807, 2.05) is 6.92 Å². The first-order valence-electron chi connectivity index (χ1n) is 10.6. The first-order valence-corrected chi connectivity index (χ1v) is 10.6. The SMILES string of the molecule is CC(NNc1ncc(F)c(N2CCOCC2)n1)c1ccc(Nc2cccc(C(F)(F)F)c2)cn1. The van der Waals surface area contributed by atoms with E-state index < -0.39 is 17.6 Å². The van der Waals surface area contributed by atoms with E-state index in [0.717, 1.165) is 18.3 Å². The molecule has 1 unspecified atom stereocenters. The van der Waals surface area contributed by atoms with Crippen LogP contribution in [0.15, 0.2) is 48.8 Å². The summed E-state index contributed by atoms with van der Waals surface area (Å²) in [5, 5.41) is 2.92. The minimum absolute atomic E-state index is 0.206. The van der Waals surface area contributed by atoms with E-state index in [9.17, 15) is 17.6 Å². The Kier molecular flexibility index (Phi) is 7.08. The Hall–Kier alpha value is -3.51. The molecule has 0 radical (unpaired) electrons. The highest BCUT2D eigenvalue weighted by Crippen LogP contribution is 2.31. The first-order chi connectivity index (χ1) is 16.3. The van der Waals surface area contributed by atoms with Crippen LogP contribution >= 0.6 is 0 Å². The molecule has 180 valence electrons. The largest absolute Gasteiger partial charge is 0.416 e. The number of anilines is 4. The van der Waals surface area contributed by atoms with Crippen LogP contribution in [0.25, 0.3) is 0 Å². The summed E-state index contributed by atoms with van der Waals surface area (Å²) in [6.45, 7) is 3.95. The molecule has 2 aromatic heterocycles. The predicted octanol–water partition coefficient (Wildman–Crippen LogP) is 4.29. The van der Waals surface area contributed by atoms with Crippen molar-refractivity contribution in [3.05, 3.63) is 65.9 Å². The van der Waals surface area contributed by atoms with Gasteiger partial charge >= 0.3 is 6.18 Å². The van der Waals surface area contributed by atoms with E-state index in [1.165, 1.54) is 12.3 Å². The molecule has 1 aliphatic rings. The predicted molar refractivity (Wildman–Crippen MR) is 119 cm³/mol. The van der Waals surface area contributed by atoms with Crippen molar-refractivity contribution in [2.24, 2.45) is 0 Å². The molecule has 3 heterocycles. The van der Waals surface area contributed by atoms with Crippen LogP contribution in [0, 0.1) is 5.82 Å². The molecule has 0 aliphatic carbocycles. The number of aromatic nitrogens is 3. The lowest BCUT2D eigenvalue weighted by atomic mass is 10.2. The van der Waals surface area contributed by atoms with Gasteiger partial charge in [0.05, 0.1) is 48.6 Å². The van der Waals surface area contributed by atoms with Crippen LogP contribution in [-0.2, 0) is 10.9 Å². The van der Waals surface area contributed by atoms with Crippen LogP contribution in [-0.4, -0.2) is 41.3 Å². The van der Waals surface area contributed by atoms with Crippen LogP contribution in [0.4, 0.5) is 40.7 Å². The number of ether oxygens (including phenoxy) is 1. The Balaban J connectivity index is 1.36. The molecule has 4 rings (SSSR count). The molecule has 1 aromatic carbocycles. The number of hydrazine groups is 1. The van der Waals surface area contributed by atoms with E-state index in [0.29, 0.717) is 43.4 Å². The average Bonchev–Trinajstić information content (AvgIpc) is 2.84. The normalized spacial score (nSPS) is 15.1. The van der Waals surface area contributed by atoms with Gasteiger partial charge in [-0.15, -0.1) is 0 Å². The number of alkyl halides is 3. The van der Waals surface area contributed by atoms with Gasteiger partial charge in [0, 0.05) is 18.8 Å². The maximum Gasteiger partial charge on any atom is 0.416 e. The summed E-state index contributed by atoms with van der Waals surface area (Å²) >= 11 is 0. The van der Waals surface area contributed by atoms with Gasteiger partial charge in [-0.3, -0.25) is 10.4 Å². The van der Waals surface area contributed by atoms with Crippen LogP contribution in [0.5, 0.6) is 0 Å². The zero-order valence-electron chi connectivity index (χ0n) is 18.2. The fourth-order valence-corrected chi connectivity index (χ4v) is 3.34. The third-order valence-electron chi connectivity index (χ3n) is 5.15. The van der Waals surface area contributed by atoms with Gasteiger partial charge in [-0.1, -0.05) is 6.07 Å². The molecule has 0 spiro atoms. The second kappa shape index (κ2) is 10.2. The zero-order valence-corrected chi connectivity index (χ0v) is 18.2. The average molecular weight is 477 g/mol. The summed E-state index contributed by atoms with van der Waals surface area (Å²) in [5.41, 5.74) is 6.66. The van der Waals surface area contributed by atoms with Crippen LogP contribution < -0.4 is 21.1 Å². The molecule has 1 aliphatic heterocycles. The monoisotopic (exact) mass is 477 g/mol. The lowest BCUT2D eigenvalue weighted by Crippen LogP contribution is -2.37. The highest BCUT2D eigenvalue weighted by molar-refractivity contribution is 5.59. The van der Waals surface area contributed by atoms with Crippen LogP contribution in [0.1, 0.15) is 24.2 Å². The molecule has 1 fully saturated rings. The lowest BCUT2D eigenvalue weighted by molar-refractivity contribution is -0.137. The molecule has 1 atom stereocenters. The summed E-state index contributed by atoms with van der Waals surface area (Å²) < 4.78 is 58.1. The Morgan fingerprint density at radius 3 is 2.53 bits per heavy atom. The summed E-state index contributed by atoms with van der Waals surface area (Å²) in [6.07, 6.45) is -1.78. The number of hydrogen-bond acceptors (Lipinski definition) is 8. The number of benzene rings is 1. The minimum Gasteiger partial charge on any atom is -0.378 e. The van der Waals surface area contributed by atoms with Crippen molar-refractivity contribution in [2.75, 3.05) is 41.9 Å². The van der Waals surface area contributed by atoms with E-state index in [2.05, 4.69) is 31.1 Å². The number of rotatable bonds is 7.